The van der Waals surface area contributed by atoms with Crippen molar-refractivity contribution < 1.29 is 4.74 Å². The minimum Gasteiger partial charge on any atom is -0.497 e. The molecule has 2 aromatic carbocycles. The third-order valence-electron chi connectivity index (χ3n) is 2.79. The van der Waals surface area contributed by atoms with Gasteiger partial charge < -0.3 is 4.74 Å². The number of nitrogens with one attached hydrogen (secondary N) is 1. The summed E-state index contributed by atoms with van der Waals surface area (Å²) >= 11 is 0. The monoisotopic (exact) mass is 276 g/mol. The Balaban J connectivity index is 2.23. The van der Waals surface area contributed by atoms with E-state index in [-0.39, 0.29) is 5.71 Å². The first-order valence-corrected chi connectivity index (χ1v) is 6.15. The van der Waals surface area contributed by atoms with E-state index in [1.807, 2.05) is 48.5 Å². The van der Waals surface area contributed by atoms with Crippen LogP contribution in [0.2, 0.25) is 0 Å². The average Bonchev–Trinajstić information content (AvgIpc) is 2.56. The van der Waals surface area contributed by atoms with Gasteiger partial charge in [-0.15, -0.1) is 0 Å². The van der Waals surface area contributed by atoms with Gasteiger partial charge in [-0.05, 0) is 35.4 Å². The number of rotatable bonds is 4. The maximum absolute atomic E-state index is 8.63. The Hall–Kier alpha value is -3.31. The maximum Gasteiger partial charge on any atom is 0.237 e. The number of nitriles is 2. The molecule has 0 aromatic heterocycles. The smallest absolute Gasteiger partial charge is 0.237 e. The van der Waals surface area contributed by atoms with Crippen LogP contribution in [0.5, 0.6) is 5.75 Å². The van der Waals surface area contributed by atoms with Crippen molar-refractivity contribution in [3.05, 3.63) is 48.5 Å². The molecule has 0 heterocycles. The van der Waals surface area contributed by atoms with Gasteiger partial charge in [0.2, 0.25) is 5.71 Å². The highest BCUT2D eigenvalue weighted by atomic mass is 16.5. The molecule has 0 saturated carbocycles. The van der Waals surface area contributed by atoms with Crippen molar-refractivity contribution >= 4 is 11.4 Å². The normalized spacial score (nSPS) is 9.10. The fourth-order valence-corrected chi connectivity index (χ4v) is 1.75. The SMILES string of the molecule is COc1ccc(-c2cccc(NN=C(C#N)C#N)c2)cc1. The molecule has 2 aromatic rings. The lowest BCUT2D eigenvalue weighted by Gasteiger charge is -2.06. The highest BCUT2D eigenvalue weighted by Gasteiger charge is 2.00. The molecule has 0 radical (unpaired) electrons. The molecule has 2 rings (SSSR count). The van der Waals surface area contributed by atoms with E-state index in [0.717, 1.165) is 16.9 Å². The van der Waals surface area contributed by atoms with E-state index < -0.39 is 0 Å². The van der Waals surface area contributed by atoms with Crippen LogP contribution in [-0.2, 0) is 0 Å². The second kappa shape index (κ2) is 6.74. The molecule has 0 bridgehead atoms. The fraction of sp³-hybridized carbons (Fsp3) is 0.0625. The van der Waals surface area contributed by atoms with Gasteiger partial charge in [0.25, 0.3) is 0 Å². The lowest BCUT2D eigenvalue weighted by molar-refractivity contribution is 0.415. The first-order chi connectivity index (χ1) is 10.3. The minimum atomic E-state index is -0.218. The molecular weight excluding hydrogens is 264 g/mol. The van der Waals surface area contributed by atoms with Gasteiger partial charge in [-0.3, -0.25) is 5.43 Å². The van der Waals surface area contributed by atoms with Crippen LogP contribution in [0.1, 0.15) is 0 Å². The van der Waals surface area contributed by atoms with E-state index in [2.05, 4.69) is 10.5 Å². The molecule has 0 fully saturated rings. The lowest BCUT2D eigenvalue weighted by atomic mass is 10.1. The van der Waals surface area contributed by atoms with E-state index in [1.165, 1.54) is 0 Å². The first-order valence-electron chi connectivity index (χ1n) is 6.15. The van der Waals surface area contributed by atoms with Crippen LogP contribution < -0.4 is 10.2 Å². The van der Waals surface area contributed by atoms with Crippen LogP contribution >= 0.6 is 0 Å². The molecule has 0 saturated heterocycles. The topological polar surface area (TPSA) is 81.2 Å². The summed E-state index contributed by atoms with van der Waals surface area (Å²) < 4.78 is 5.13. The number of methoxy groups -OCH3 is 1. The zero-order chi connectivity index (χ0) is 15.1. The average molecular weight is 276 g/mol. The number of hydrogen-bond donors (Lipinski definition) is 1. The van der Waals surface area contributed by atoms with E-state index in [9.17, 15) is 0 Å². The Morgan fingerprint density at radius 2 is 1.76 bits per heavy atom. The minimum absolute atomic E-state index is 0.218. The molecule has 1 N–H and O–H groups in total. The van der Waals surface area contributed by atoms with Gasteiger partial charge in [0, 0.05) is 0 Å². The highest BCUT2D eigenvalue weighted by molar-refractivity contribution is 6.10. The zero-order valence-electron chi connectivity index (χ0n) is 11.4. The largest absolute Gasteiger partial charge is 0.497 e. The van der Waals surface area contributed by atoms with E-state index in [1.54, 1.807) is 19.2 Å². The Morgan fingerprint density at radius 3 is 2.38 bits per heavy atom. The Labute approximate surface area is 122 Å². The second-order valence-electron chi connectivity index (χ2n) is 4.11. The molecule has 0 atom stereocenters. The van der Waals surface area contributed by atoms with Crippen molar-refractivity contribution in [2.75, 3.05) is 12.5 Å². The summed E-state index contributed by atoms with van der Waals surface area (Å²) in [6, 6.07) is 18.6. The summed E-state index contributed by atoms with van der Waals surface area (Å²) in [7, 11) is 1.62. The quantitative estimate of drug-likeness (QED) is 0.687. The predicted octanol–water partition coefficient (Wildman–Crippen LogP) is 3.18. The lowest BCUT2D eigenvalue weighted by Crippen LogP contribution is -1.96. The van der Waals surface area contributed by atoms with E-state index >= 15 is 0 Å². The Kier molecular flexibility index (Phi) is 4.53. The predicted molar refractivity (Wildman–Crippen MR) is 80.7 cm³/mol. The number of hydrogen-bond acceptors (Lipinski definition) is 5. The van der Waals surface area contributed by atoms with Crippen molar-refractivity contribution in [1.82, 2.24) is 0 Å². The number of benzene rings is 2. The van der Waals surface area contributed by atoms with Gasteiger partial charge in [-0.2, -0.15) is 15.6 Å². The molecule has 102 valence electrons. The summed E-state index contributed by atoms with van der Waals surface area (Å²) in [6.45, 7) is 0. The molecule has 5 nitrogen and oxygen atoms in total. The van der Waals surface area contributed by atoms with Crippen molar-refractivity contribution in [1.29, 1.82) is 10.5 Å². The van der Waals surface area contributed by atoms with Gasteiger partial charge in [0.15, 0.2) is 0 Å². The standard InChI is InChI=1S/C16H12N4O/c1-21-16-7-5-12(6-8-16)13-3-2-4-14(9-13)19-20-15(10-17)11-18/h2-9,19H,1H3. The molecule has 21 heavy (non-hydrogen) atoms. The van der Waals surface area contributed by atoms with E-state index in [4.69, 9.17) is 15.3 Å². The van der Waals surface area contributed by atoms with Crippen LogP contribution in [0.3, 0.4) is 0 Å². The van der Waals surface area contributed by atoms with Crippen LogP contribution in [0.15, 0.2) is 53.6 Å². The first kappa shape index (κ1) is 14.1. The van der Waals surface area contributed by atoms with Crippen molar-refractivity contribution in [3.8, 4) is 29.0 Å². The Morgan fingerprint density at radius 1 is 1.05 bits per heavy atom. The van der Waals surface area contributed by atoms with Gasteiger partial charge in [-0.25, -0.2) is 0 Å². The number of hydrazone groups is 1. The molecule has 0 spiro atoms. The molecule has 0 amide bonds. The van der Waals surface area contributed by atoms with Crippen LogP contribution in [0.25, 0.3) is 11.1 Å². The summed E-state index contributed by atoms with van der Waals surface area (Å²) in [5, 5.41) is 21.0. The fourth-order valence-electron chi connectivity index (χ4n) is 1.75. The third kappa shape index (κ3) is 3.59. The molecular formula is C16H12N4O. The maximum atomic E-state index is 8.63. The zero-order valence-corrected chi connectivity index (χ0v) is 11.4. The highest BCUT2D eigenvalue weighted by Crippen LogP contribution is 2.24. The van der Waals surface area contributed by atoms with Gasteiger partial charge in [0.05, 0.1) is 12.8 Å². The summed E-state index contributed by atoms with van der Waals surface area (Å²) in [5.41, 5.74) is 5.21. The molecule has 0 aliphatic rings. The van der Waals surface area contributed by atoms with Crippen molar-refractivity contribution in [2.45, 2.75) is 0 Å². The molecule has 0 unspecified atom stereocenters. The second-order valence-corrected chi connectivity index (χ2v) is 4.11. The third-order valence-corrected chi connectivity index (χ3v) is 2.79. The number of nitrogens with zero attached hydrogens (tertiary/aromatic N) is 3. The van der Waals surface area contributed by atoms with Crippen molar-refractivity contribution in [2.24, 2.45) is 5.10 Å². The van der Waals surface area contributed by atoms with Crippen LogP contribution in [0, 0.1) is 22.7 Å². The molecule has 0 aliphatic heterocycles. The molecule has 5 heteroatoms. The van der Waals surface area contributed by atoms with Crippen LogP contribution in [-0.4, -0.2) is 12.8 Å². The van der Waals surface area contributed by atoms with Crippen LogP contribution in [0.4, 0.5) is 5.69 Å². The van der Waals surface area contributed by atoms with E-state index in [0.29, 0.717) is 5.69 Å². The Bertz CT molecular complexity index is 720. The van der Waals surface area contributed by atoms with Gasteiger partial charge in [0.1, 0.15) is 17.9 Å². The van der Waals surface area contributed by atoms with Gasteiger partial charge in [-0.1, -0.05) is 24.3 Å². The molecule has 0 aliphatic carbocycles. The number of anilines is 1. The summed E-state index contributed by atoms with van der Waals surface area (Å²) in [4.78, 5) is 0. The number of ether oxygens (including phenoxy) is 1. The van der Waals surface area contributed by atoms with Crippen molar-refractivity contribution in [3.63, 3.8) is 0 Å². The summed E-state index contributed by atoms with van der Waals surface area (Å²) in [6.07, 6.45) is 0. The van der Waals surface area contributed by atoms with Gasteiger partial charge >= 0.3 is 0 Å². The summed E-state index contributed by atoms with van der Waals surface area (Å²) in [5.74, 6) is 0.797.